The first kappa shape index (κ1) is 24.6. The first-order chi connectivity index (χ1) is 16.0. The van der Waals surface area contributed by atoms with Crippen LogP contribution < -0.4 is 10.1 Å². The van der Waals surface area contributed by atoms with Crippen molar-refractivity contribution >= 4 is 40.5 Å². The quantitative estimate of drug-likeness (QED) is 0.344. The number of nitrogens with one attached hydrogen (secondary N) is 2. The van der Waals surface area contributed by atoms with E-state index >= 15 is 0 Å². The maximum Gasteiger partial charge on any atom is 0.337 e. The number of ether oxygens (including phenoxy) is 2. The van der Waals surface area contributed by atoms with E-state index in [9.17, 15) is 19.5 Å². The van der Waals surface area contributed by atoms with Gasteiger partial charge in [0, 0.05) is 22.7 Å². The lowest BCUT2D eigenvalue weighted by Crippen LogP contribution is -2.22. The van der Waals surface area contributed by atoms with Crippen LogP contribution in [0.25, 0.3) is 17.0 Å². The Morgan fingerprint density at radius 3 is 2.50 bits per heavy atom. The molecule has 0 radical (unpaired) electrons. The molecule has 1 heterocycles. The molecule has 0 atom stereocenters. The highest BCUT2D eigenvalue weighted by molar-refractivity contribution is 6.03. The number of rotatable bonds is 7. The Balaban J connectivity index is 1.84. The van der Waals surface area contributed by atoms with E-state index in [4.69, 9.17) is 9.47 Å². The molecule has 0 unspecified atom stereocenters. The van der Waals surface area contributed by atoms with Crippen molar-refractivity contribution in [2.75, 3.05) is 12.4 Å². The maximum absolute atomic E-state index is 12.9. The number of fused-ring (bicyclic) bond motifs is 1. The van der Waals surface area contributed by atoms with Crippen LogP contribution in [0.2, 0.25) is 0 Å². The van der Waals surface area contributed by atoms with Gasteiger partial charge in [-0.2, -0.15) is 0 Å². The van der Waals surface area contributed by atoms with Gasteiger partial charge in [0.15, 0.2) is 0 Å². The number of aromatic carboxylic acids is 1. The van der Waals surface area contributed by atoms with E-state index in [0.717, 1.165) is 22.2 Å². The maximum atomic E-state index is 12.9. The van der Waals surface area contributed by atoms with Gasteiger partial charge in [-0.25, -0.2) is 9.59 Å². The predicted molar refractivity (Wildman–Crippen MR) is 130 cm³/mol. The number of hydrogen-bond donors (Lipinski definition) is 3. The number of carbonyl (C=O) groups excluding carboxylic acids is 2. The number of esters is 1. The Labute approximate surface area is 197 Å². The van der Waals surface area contributed by atoms with Gasteiger partial charge in [0.25, 0.3) is 0 Å². The van der Waals surface area contributed by atoms with Crippen LogP contribution in [-0.4, -0.2) is 40.6 Å². The van der Waals surface area contributed by atoms with Crippen molar-refractivity contribution in [3.63, 3.8) is 0 Å². The molecule has 0 aliphatic rings. The second-order valence-electron chi connectivity index (χ2n) is 8.84. The van der Waals surface area contributed by atoms with Crippen molar-refractivity contribution < 1.29 is 29.0 Å². The Hall–Kier alpha value is -4.07. The van der Waals surface area contributed by atoms with Crippen LogP contribution in [0, 0.1) is 6.92 Å². The normalized spacial score (nSPS) is 11.6. The van der Waals surface area contributed by atoms with Gasteiger partial charge in [0.05, 0.1) is 24.8 Å². The van der Waals surface area contributed by atoms with Crippen molar-refractivity contribution in [1.82, 2.24) is 4.98 Å². The van der Waals surface area contributed by atoms with Crippen LogP contribution in [0.5, 0.6) is 5.75 Å². The third-order valence-electron chi connectivity index (χ3n) is 5.03. The SMILES string of the molecule is COc1ccc2[nH]c(C)c(CC(=O)Nc3cc(C=CC(=O)OC(C)(C)C)ccc3C(=O)O)c2c1. The van der Waals surface area contributed by atoms with E-state index in [1.54, 1.807) is 33.9 Å². The highest BCUT2D eigenvalue weighted by atomic mass is 16.6. The summed E-state index contributed by atoms with van der Waals surface area (Å²) in [5.74, 6) is -1.40. The number of carbonyl (C=O) groups is 3. The third-order valence-corrected chi connectivity index (χ3v) is 5.03. The highest BCUT2D eigenvalue weighted by Gasteiger charge is 2.17. The highest BCUT2D eigenvalue weighted by Crippen LogP contribution is 2.27. The van der Waals surface area contributed by atoms with E-state index in [1.165, 1.54) is 24.3 Å². The first-order valence-electron chi connectivity index (χ1n) is 10.7. The number of amides is 1. The monoisotopic (exact) mass is 464 g/mol. The molecule has 0 bridgehead atoms. The molecule has 1 aromatic heterocycles. The summed E-state index contributed by atoms with van der Waals surface area (Å²) < 4.78 is 10.5. The van der Waals surface area contributed by atoms with Crippen LogP contribution in [0.15, 0.2) is 42.5 Å². The molecule has 34 heavy (non-hydrogen) atoms. The van der Waals surface area contributed by atoms with Crippen LogP contribution in [0.3, 0.4) is 0 Å². The third kappa shape index (κ3) is 6.04. The topological polar surface area (TPSA) is 118 Å². The molecular weight excluding hydrogens is 436 g/mol. The Morgan fingerprint density at radius 1 is 1.12 bits per heavy atom. The van der Waals surface area contributed by atoms with Crippen LogP contribution in [0.4, 0.5) is 5.69 Å². The van der Waals surface area contributed by atoms with Gasteiger partial charge >= 0.3 is 11.9 Å². The number of carboxylic acid groups (broad SMARTS) is 1. The minimum absolute atomic E-state index is 0.0377. The molecule has 1 amide bonds. The van der Waals surface area contributed by atoms with E-state index in [2.05, 4.69) is 10.3 Å². The number of hydrogen-bond acceptors (Lipinski definition) is 5. The van der Waals surface area contributed by atoms with E-state index < -0.39 is 17.5 Å². The number of benzene rings is 2. The average Bonchev–Trinajstić information content (AvgIpc) is 3.05. The van der Waals surface area contributed by atoms with E-state index in [0.29, 0.717) is 11.3 Å². The number of aromatic nitrogens is 1. The first-order valence-corrected chi connectivity index (χ1v) is 10.7. The summed E-state index contributed by atoms with van der Waals surface area (Å²) in [6.07, 6.45) is 2.80. The molecule has 178 valence electrons. The largest absolute Gasteiger partial charge is 0.497 e. The smallest absolute Gasteiger partial charge is 0.337 e. The molecule has 0 aliphatic carbocycles. The van der Waals surface area contributed by atoms with Gasteiger partial charge in [0.2, 0.25) is 5.91 Å². The fourth-order valence-electron chi connectivity index (χ4n) is 3.53. The average molecular weight is 465 g/mol. The zero-order valence-corrected chi connectivity index (χ0v) is 19.8. The lowest BCUT2D eigenvalue weighted by Gasteiger charge is -2.17. The molecular formula is C26H28N2O6. The van der Waals surface area contributed by atoms with Crippen molar-refractivity contribution in [3.8, 4) is 5.75 Å². The molecule has 3 N–H and O–H groups in total. The molecule has 3 rings (SSSR count). The number of methoxy groups -OCH3 is 1. The summed E-state index contributed by atoms with van der Waals surface area (Å²) in [4.78, 5) is 39.8. The van der Waals surface area contributed by atoms with E-state index in [-0.39, 0.29) is 23.6 Å². The molecule has 2 aromatic carbocycles. The molecule has 8 heteroatoms. The minimum Gasteiger partial charge on any atom is -0.497 e. The van der Waals surface area contributed by atoms with Gasteiger partial charge < -0.3 is 24.9 Å². The van der Waals surface area contributed by atoms with Crippen LogP contribution in [0.1, 0.15) is 48.0 Å². The van der Waals surface area contributed by atoms with Gasteiger partial charge in [-0.05, 0) is 75.2 Å². The number of H-pyrrole nitrogens is 1. The minimum atomic E-state index is -1.18. The molecule has 0 saturated carbocycles. The zero-order valence-electron chi connectivity index (χ0n) is 19.8. The summed E-state index contributed by atoms with van der Waals surface area (Å²) in [6.45, 7) is 7.17. The fourth-order valence-corrected chi connectivity index (χ4v) is 3.53. The molecule has 3 aromatic rings. The zero-order chi connectivity index (χ0) is 25.0. The van der Waals surface area contributed by atoms with Gasteiger partial charge in [-0.3, -0.25) is 4.79 Å². The van der Waals surface area contributed by atoms with E-state index in [1.807, 2.05) is 25.1 Å². The van der Waals surface area contributed by atoms with Crippen molar-refractivity contribution in [2.24, 2.45) is 0 Å². The van der Waals surface area contributed by atoms with Gasteiger partial charge in [-0.1, -0.05) is 6.07 Å². The number of carboxylic acids is 1. The Morgan fingerprint density at radius 2 is 1.85 bits per heavy atom. The van der Waals surface area contributed by atoms with Crippen molar-refractivity contribution in [1.29, 1.82) is 0 Å². The molecule has 0 spiro atoms. The Kier molecular flexibility index (Phi) is 7.10. The second kappa shape index (κ2) is 9.82. The fraction of sp³-hybridized carbons (Fsp3) is 0.269. The molecule has 0 aliphatic heterocycles. The summed E-state index contributed by atoms with van der Waals surface area (Å²) >= 11 is 0. The lowest BCUT2D eigenvalue weighted by molar-refractivity contribution is -0.148. The summed E-state index contributed by atoms with van der Waals surface area (Å²) in [5.41, 5.74) is 2.51. The van der Waals surface area contributed by atoms with Crippen LogP contribution in [-0.2, 0) is 20.7 Å². The summed E-state index contributed by atoms with van der Waals surface area (Å²) in [5, 5.41) is 13.1. The standard InChI is InChI=1S/C26H28N2O6/c1-15-19(20-13-17(33-5)8-10-21(20)27-15)14-23(29)28-22-12-16(6-9-18(22)25(31)32)7-11-24(30)34-26(2,3)4/h6-13,27H,14H2,1-5H3,(H,28,29)(H,31,32). The predicted octanol–water partition coefficient (Wildman–Crippen LogP) is 4.72. The van der Waals surface area contributed by atoms with Gasteiger partial charge in [-0.15, -0.1) is 0 Å². The van der Waals surface area contributed by atoms with Crippen molar-refractivity contribution in [2.45, 2.75) is 39.7 Å². The molecule has 0 fully saturated rings. The van der Waals surface area contributed by atoms with Crippen molar-refractivity contribution in [3.05, 3.63) is 64.9 Å². The van der Waals surface area contributed by atoms with Gasteiger partial charge in [0.1, 0.15) is 11.4 Å². The Bertz CT molecular complexity index is 1280. The van der Waals surface area contributed by atoms with Crippen LogP contribution >= 0.6 is 0 Å². The summed E-state index contributed by atoms with van der Waals surface area (Å²) in [7, 11) is 1.57. The summed E-state index contributed by atoms with van der Waals surface area (Å²) in [6, 6.07) is 10.0. The number of aryl methyl sites for hydroxylation is 1. The molecule has 8 nitrogen and oxygen atoms in total. The molecule has 0 saturated heterocycles. The lowest BCUT2D eigenvalue weighted by atomic mass is 10.1. The number of aromatic amines is 1. The second-order valence-corrected chi connectivity index (χ2v) is 8.84. The number of anilines is 1.